The van der Waals surface area contributed by atoms with Crippen LogP contribution in [0.4, 0.5) is 0 Å². The second kappa shape index (κ2) is 9.38. The van der Waals surface area contributed by atoms with E-state index in [0.717, 1.165) is 0 Å². The van der Waals surface area contributed by atoms with Gasteiger partial charge in [-0.3, -0.25) is 4.79 Å². The Labute approximate surface area is 142 Å². The first-order valence-electron chi connectivity index (χ1n) is 7.82. The molecule has 0 unspecified atom stereocenters. The summed E-state index contributed by atoms with van der Waals surface area (Å²) < 4.78 is 18.7. The molecule has 1 amide bonds. The number of nitrogens with one attached hydrogen (secondary N) is 1. The molecule has 6 heteroatoms. The highest BCUT2D eigenvalue weighted by atomic mass is 31.2. The van der Waals surface area contributed by atoms with Gasteiger partial charge in [0.2, 0.25) is 5.91 Å². The molecule has 5 nitrogen and oxygen atoms in total. The molecule has 2 rings (SSSR count). The van der Waals surface area contributed by atoms with Crippen LogP contribution >= 0.6 is 7.14 Å². The van der Waals surface area contributed by atoms with E-state index in [0.29, 0.717) is 23.8 Å². The Morgan fingerprint density at radius 2 is 1.50 bits per heavy atom. The average Bonchev–Trinajstić information content (AvgIpc) is 2.63. The largest absolute Gasteiger partial charge is 0.394 e. The predicted octanol–water partition coefficient (Wildman–Crippen LogP) is 1.13. The quantitative estimate of drug-likeness (QED) is 0.527. The normalized spacial score (nSPS) is 11.2. The van der Waals surface area contributed by atoms with Crippen LogP contribution in [0.1, 0.15) is 0 Å². The van der Waals surface area contributed by atoms with E-state index < -0.39 is 7.14 Å². The number of hydrogen-bond acceptors (Lipinski definition) is 4. The lowest BCUT2D eigenvalue weighted by Gasteiger charge is -2.19. The van der Waals surface area contributed by atoms with Crippen LogP contribution in [0.15, 0.2) is 60.7 Å². The molecule has 0 radical (unpaired) electrons. The monoisotopic (exact) mass is 347 g/mol. The number of benzene rings is 2. The molecule has 0 aromatic heterocycles. The fourth-order valence-electron chi connectivity index (χ4n) is 2.36. The summed E-state index contributed by atoms with van der Waals surface area (Å²) in [6.07, 6.45) is -0.0823. The van der Waals surface area contributed by atoms with Gasteiger partial charge in [0.25, 0.3) is 0 Å². The average molecular weight is 347 g/mol. The molecule has 0 saturated heterocycles. The van der Waals surface area contributed by atoms with Crippen molar-refractivity contribution >= 4 is 23.7 Å². The lowest BCUT2D eigenvalue weighted by atomic mass is 10.4. The van der Waals surface area contributed by atoms with E-state index in [4.69, 9.17) is 9.84 Å². The van der Waals surface area contributed by atoms with Crippen LogP contribution in [0.2, 0.25) is 0 Å². The number of hydrogen-bond donors (Lipinski definition) is 2. The van der Waals surface area contributed by atoms with Crippen LogP contribution in [0.5, 0.6) is 0 Å². The Balaban J connectivity index is 2.11. The van der Waals surface area contributed by atoms with Crippen molar-refractivity contribution < 1.29 is 19.2 Å². The molecule has 0 fully saturated rings. The smallest absolute Gasteiger partial charge is 0.228 e. The zero-order valence-corrected chi connectivity index (χ0v) is 14.3. The Bertz CT molecular complexity index is 632. The summed E-state index contributed by atoms with van der Waals surface area (Å²) in [6.45, 7) is 0.823. The van der Waals surface area contributed by atoms with E-state index in [1.54, 1.807) is 24.3 Å². The molecule has 2 N–H and O–H groups in total. The van der Waals surface area contributed by atoms with E-state index in [2.05, 4.69) is 5.32 Å². The molecule has 0 aliphatic carbocycles. The molecule has 0 aliphatic rings. The van der Waals surface area contributed by atoms with Crippen LogP contribution in [0.25, 0.3) is 0 Å². The molecular formula is C18H22NO4P. The molecule has 0 atom stereocenters. The van der Waals surface area contributed by atoms with E-state index >= 15 is 0 Å². The first kappa shape index (κ1) is 18.4. The zero-order valence-electron chi connectivity index (χ0n) is 13.4. The maximum Gasteiger partial charge on any atom is 0.228 e. The van der Waals surface area contributed by atoms with Crippen LogP contribution in [-0.4, -0.2) is 43.5 Å². The summed E-state index contributed by atoms with van der Waals surface area (Å²) in [7, 11) is -3.03. The van der Waals surface area contributed by atoms with E-state index in [1.807, 2.05) is 36.4 Å². The zero-order chi connectivity index (χ0) is 17.3. The minimum atomic E-state index is -3.03. The van der Waals surface area contributed by atoms with Gasteiger partial charge in [-0.25, -0.2) is 0 Å². The molecule has 24 heavy (non-hydrogen) atoms. The van der Waals surface area contributed by atoms with Gasteiger partial charge in [0.15, 0.2) is 7.14 Å². The summed E-state index contributed by atoms with van der Waals surface area (Å²) in [5, 5.41) is 12.7. The first-order valence-corrected chi connectivity index (χ1v) is 9.71. The lowest BCUT2D eigenvalue weighted by molar-refractivity contribution is -0.118. The summed E-state index contributed by atoms with van der Waals surface area (Å²) in [4.78, 5) is 12.2. The topological polar surface area (TPSA) is 75.6 Å². The Morgan fingerprint density at radius 1 is 0.958 bits per heavy atom. The highest BCUT2D eigenvalue weighted by molar-refractivity contribution is 7.79. The predicted molar refractivity (Wildman–Crippen MR) is 95.5 cm³/mol. The summed E-state index contributed by atoms with van der Waals surface area (Å²) in [5.41, 5.74) is 0. The fourth-order valence-corrected chi connectivity index (χ4v) is 4.84. The Hall–Kier alpha value is -1.94. The molecule has 128 valence electrons. The summed E-state index contributed by atoms with van der Waals surface area (Å²) >= 11 is 0. The second-order valence-electron chi connectivity index (χ2n) is 5.25. The van der Waals surface area contributed by atoms with Crippen molar-refractivity contribution in [3.05, 3.63) is 60.7 Å². The van der Waals surface area contributed by atoms with Gasteiger partial charge in [0, 0.05) is 17.2 Å². The van der Waals surface area contributed by atoms with Crippen molar-refractivity contribution in [1.82, 2.24) is 5.32 Å². The van der Waals surface area contributed by atoms with E-state index in [1.165, 1.54) is 0 Å². The van der Waals surface area contributed by atoms with Gasteiger partial charge in [0.1, 0.15) is 0 Å². The minimum absolute atomic E-state index is 0.0504. The van der Waals surface area contributed by atoms with Gasteiger partial charge in [-0.1, -0.05) is 60.7 Å². The first-order chi connectivity index (χ1) is 11.7. The van der Waals surface area contributed by atoms with Crippen LogP contribution in [0, 0.1) is 0 Å². The summed E-state index contributed by atoms with van der Waals surface area (Å²) in [5.74, 6) is -0.279. The van der Waals surface area contributed by atoms with Gasteiger partial charge >= 0.3 is 0 Å². The number of rotatable bonds is 9. The van der Waals surface area contributed by atoms with Gasteiger partial charge in [0.05, 0.1) is 26.0 Å². The van der Waals surface area contributed by atoms with Crippen LogP contribution in [0.3, 0.4) is 0 Å². The number of aliphatic hydroxyl groups excluding tert-OH is 1. The van der Waals surface area contributed by atoms with Crippen molar-refractivity contribution in [3.63, 3.8) is 0 Å². The summed E-state index contributed by atoms with van der Waals surface area (Å²) in [6, 6.07) is 18.2. The number of ether oxygens (including phenoxy) is 1. The SMILES string of the molecule is O=C(CP(=O)(c1ccccc1)c1ccccc1)NCCOCCO. The third-order valence-electron chi connectivity index (χ3n) is 3.52. The molecule has 0 bridgehead atoms. The second-order valence-corrected chi connectivity index (χ2v) is 8.08. The van der Waals surface area contributed by atoms with Crippen molar-refractivity contribution in [1.29, 1.82) is 0 Å². The molecule has 2 aromatic rings. The maximum atomic E-state index is 13.6. The lowest BCUT2D eigenvalue weighted by Crippen LogP contribution is -2.33. The van der Waals surface area contributed by atoms with Crippen molar-refractivity contribution in [3.8, 4) is 0 Å². The highest BCUT2D eigenvalue weighted by Gasteiger charge is 2.29. The number of amides is 1. The molecule has 0 heterocycles. The number of carbonyl (C=O) groups excluding carboxylic acids is 1. The van der Waals surface area contributed by atoms with Crippen LogP contribution in [-0.2, 0) is 14.1 Å². The van der Waals surface area contributed by atoms with E-state index in [-0.39, 0.29) is 25.3 Å². The van der Waals surface area contributed by atoms with Crippen molar-refractivity contribution in [2.24, 2.45) is 0 Å². The Kier molecular flexibility index (Phi) is 7.19. The number of aliphatic hydroxyl groups is 1. The van der Waals surface area contributed by atoms with Gasteiger partial charge in [-0.2, -0.15) is 0 Å². The van der Waals surface area contributed by atoms with Crippen LogP contribution < -0.4 is 15.9 Å². The van der Waals surface area contributed by atoms with Crippen molar-refractivity contribution in [2.45, 2.75) is 0 Å². The fraction of sp³-hybridized carbons (Fsp3) is 0.278. The van der Waals surface area contributed by atoms with Crippen molar-refractivity contribution in [2.75, 3.05) is 32.5 Å². The third kappa shape index (κ3) is 5.03. The molecule has 0 saturated carbocycles. The maximum absolute atomic E-state index is 13.6. The molecule has 2 aromatic carbocycles. The van der Waals surface area contributed by atoms with Gasteiger partial charge in [-0.15, -0.1) is 0 Å². The minimum Gasteiger partial charge on any atom is -0.394 e. The third-order valence-corrected chi connectivity index (χ3v) is 6.51. The highest BCUT2D eigenvalue weighted by Crippen LogP contribution is 2.42. The standard InChI is InChI=1S/C18H22NO4P/c20-12-14-23-13-11-19-18(21)15-24(22,16-7-3-1-4-8-16)17-9-5-2-6-10-17/h1-10,20H,11-15H2,(H,19,21). The van der Waals surface area contributed by atoms with E-state index in [9.17, 15) is 9.36 Å². The number of carbonyl (C=O) groups is 1. The van der Waals surface area contributed by atoms with Gasteiger partial charge in [-0.05, 0) is 0 Å². The van der Waals surface area contributed by atoms with Gasteiger partial charge < -0.3 is 19.7 Å². The molecule has 0 spiro atoms. The molecular weight excluding hydrogens is 325 g/mol. The Morgan fingerprint density at radius 3 is 2.00 bits per heavy atom. The molecule has 0 aliphatic heterocycles.